The molecule has 0 unspecified atom stereocenters. The largest absolute Gasteiger partial charge is 0.382 e. The van der Waals surface area contributed by atoms with Crippen molar-refractivity contribution in [2.45, 2.75) is 19.9 Å². The highest BCUT2D eigenvalue weighted by Gasteiger charge is 2.06. The van der Waals surface area contributed by atoms with Gasteiger partial charge in [0.25, 0.3) is 0 Å². The van der Waals surface area contributed by atoms with Crippen LogP contribution in [0.15, 0.2) is 29.3 Å². The zero-order valence-electron chi connectivity index (χ0n) is 14.3. The van der Waals surface area contributed by atoms with Crippen LogP contribution < -0.4 is 5.32 Å². The van der Waals surface area contributed by atoms with Crippen molar-refractivity contribution in [2.24, 2.45) is 4.99 Å². The van der Waals surface area contributed by atoms with Gasteiger partial charge in [-0.3, -0.25) is 4.99 Å². The highest BCUT2D eigenvalue weighted by molar-refractivity contribution is 5.79. The van der Waals surface area contributed by atoms with E-state index in [9.17, 15) is 4.39 Å². The van der Waals surface area contributed by atoms with Crippen molar-refractivity contribution in [1.29, 1.82) is 0 Å². The molecular formula is C17H28FN3O2. The average Bonchev–Trinajstić information content (AvgIpc) is 2.55. The number of rotatable bonds is 10. The lowest BCUT2D eigenvalue weighted by Crippen LogP contribution is -2.38. The minimum absolute atomic E-state index is 0.217. The SMILES string of the molecule is CCNC(=NCCCOCCOC)N(C)Cc1ccc(F)cc1. The summed E-state index contributed by atoms with van der Waals surface area (Å²) >= 11 is 0. The topological polar surface area (TPSA) is 46.1 Å². The van der Waals surface area contributed by atoms with Gasteiger partial charge in [0.2, 0.25) is 0 Å². The van der Waals surface area contributed by atoms with Crippen LogP contribution in [0.5, 0.6) is 0 Å². The fraction of sp³-hybridized carbons (Fsp3) is 0.588. The van der Waals surface area contributed by atoms with Crippen LogP contribution in [0.2, 0.25) is 0 Å². The summed E-state index contributed by atoms with van der Waals surface area (Å²) in [4.78, 5) is 6.62. The van der Waals surface area contributed by atoms with E-state index in [1.54, 1.807) is 19.2 Å². The Morgan fingerprint density at radius 2 is 1.96 bits per heavy atom. The number of benzene rings is 1. The predicted octanol–water partition coefficient (Wildman–Crippen LogP) is 2.28. The molecule has 130 valence electrons. The van der Waals surface area contributed by atoms with E-state index in [0.29, 0.717) is 32.9 Å². The van der Waals surface area contributed by atoms with E-state index in [-0.39, 0.29) is 5.82 Å². The smallest absolute Gasteiger partial charge is 0.193 e. The second-order valence-corrected chi connectivity index (χ2v) is 5.18. The summed E-state index contributed by atoms with van der Waals surface area (Å²) in [6.07, 6.45) is 0.864. The van der Waals surface area contributed by atoms with Crippen LogP contribution in [0, 0.1) is 5.82 Å². The molecule has 0 aliphatic heterocycles. The van der Waals surface area contributed by atoms with Crippen LogP contribution in [0.1, 0.15) is 18.9 Å². The van der Waals surface area contributed by atoms with Gasteiger partial charge in [0.1, 0.15) is 5.82 Å². The van der Waals surface area contributed by atoms with Crippen molar-refractivity contribution in [1.82, 2.24) is 10.2 Å². The predicted molar refractivity (Wildman–Crippen MR) is 91.2 cm³/mol. The monoisotopic (exact) mass is 325 g/mol. The third-order valence-electron chi connectivity index (χ3n) is 3.17. The van der Waals surface area contributed by atoms with Gasteiger partial charge in [-0.05, 0) is 31.0 Å². The minimum atomic E-state index is -0.217. The molecule has 1 N–H and O–H groups in total. The van der Waals surface area contributed by atoms with Gasteiger partial charge in [-0.25, -0.2) is 4.39 Å². The van der Waals surface area contributed by atoms with Crippen molar-refractivity contribution in [3.05, 3.63) is 35.6 Å². The zero-order chi connectivity index (χ0) is 16.9. The first-order valence-electron chi connectivity index (χ1n) is 7.98. The van der Waals surface area contributed by atoms with Crippen molar-refractivity contribution < 1.29 is 13.9 Å². The molecule has 23 heavy (non-hydrogen) atoms. The molecule has 0 aliphatic rings. The van der Waals surface area contributed by atoms with E-state index >= 15 is 0 Å². The molecule has 0 saturated carbocycles. The molecule has 0 fully saturated rings. The first-order chi connectivity index (χ1) is 11.2. The number of hydrogen-bond acceptors (Lipinski definition) is 3. The van der Waals surface area contributed by atoms with Crippen LogP contribution in [0.25, 0.3) is 0 Å². The first kappa shape index (κ1) is 19.4. The summed E-state index contributed by atoms with van der Waals surface area (Å²) in [7, 11) is 3.63. The number of nitrogens with one attached hydrogen (secondary N) is 1. The Labute approximate surface area is 138 Å². The van der Waals surface area contributed by atoms with E-state index in [1.807, 2.05) is 18.9 Å². The molecule has 0 spiro atoms. The number of aliphatic imine (C=N–C) groups is 1. The van der Waals surface area contributed by atoms with E-state index in [0.717, 1.165) is 24.5 Å². The third-order valence-corrected chi connectivity index (χ3v) is 3.17. The standard InChI is InChI=1S/C17H28FN3O2/c1-4-19-17(20-10-5-11-23-13-12-22-3)21(2)14-15-6-8-16(18)9-7-15/h6-9H,4-5,10-14H2,1-3H3,(H,19,20). The van der Waals surface area contributed by atoms with Crippen LogP contribution >= 0.6 is 0 Å². The fourth-order valence-corrected chi connectivity index (χ4v) is 2.00. The van der Waals surface area contributed by atoms with Gasteiger partial charge in [0.05, 0.1) is 13.2 Å². The molecule has 0 bridgehead atoms. The molecule has 0 saturated heterocycles. The molecule has 0 aliphatic carbocycles. The van der Waals surface area contributed by atoms with E-state index in [1.165, 1.54) is 12.1 Å². The summed E-state index contributed by atoms with van der Waals surface area (Å²) < 4.78 is 23.3. The van der Waals surface area contributed by atoms with E-state index in [2.05, 4.69) is 10.3 Å². The first-order valence-corrected chi connectivity index (χ1v) is 7.98. The van der Waals surface area contributed by atoms with Crippen LogP contribution in [0.3, 0.4) is 0 Å². The van der Waals surface area contributed by atoms with Crippen LogP contribution in [0.4, 0.5) is 4.39 Å². The molecule has 5 nitrogen and oxygen atoms in total. The van der Waals surface area contributed by atoms with Gasteiger partial charge in [-0.1, -0.05) is 12.1 Å². The van der Waals surface area contributed by atoms with Crippen molar-refractivity contribution >= 4 is 5.96 Å². The summed E-state index contributed by atoms with van der Waals surface area (Å²) in [6.45, 7) is 6.12. The molecule has 1 aromatic rings. The molecule has 0 radical (unpaired) electrons. The molecule has 0 atom stereocenters. The maximum absolute atomic E-state index is 13.0. The van der Waals surface area contributed by atoms with Gasteiger partial charge < -0.3 is 19.7 Å². The van der Waals surface area contributed by atoms with Gasteiger partial charge >= 0.3 is 0 Å². The second kappa shape index (κ2) is 11.8. The van der Waals surface area contributed by atoms with Gasteiger partial charge in [-0.2, -0.15) is 0 Å². The van der Waals surface area contributed by atoms with Crippen molar-refractivity contribution in [2.75, 3.05) is 47.1 Å². The fourth-order valence-electron chi connectivity index (χ4n) is 2.00. The lowest BCUT2D eigenvalue weighted by molar-refractivity contribution is 0.0702. The average molecular weight is 325 g/mol. The van der Waals surface area contributed by atoms with Crippen LogP contribution in [-0.4, -0.2) is 57.9 Å². The van der Waals surface area contributed by atoms with Gasteiger partial charge in [0, 0.05) is 40.4 Å². The zero-order valence-corrected chi connectivity index (χ0v) is 14.3. The van der Waals surface area contributed by atoms with Gasteiger partial charge in [-0.15, -0.1) is 0 Å². The summed E-state index contributed by atoms with van der Waals surface area (Å²) in [5.41, 5.74) is 1.04. The highest BCUT2D eigenvalue weighted by Crippen LogP contribution is 2.05. The molecular weight excluding hydrogens is 297 g/mol. The summed E-state index contributed by atoms with van der Waals surface area (Å²) in [6, 6.07) is 6.53. The molecule has 0 heterocycles. The maximum Gasteiger partial charge on any atom is 0.193 e. The summed E-state index contributed by atoms with van der Waals surface area (Å²) in [5, 5.41) is 3.27. The summed E-state index contributed by atoms with van der Waals surface area (Å²) in [5.74, 6) is 0.624. The molecule has 6 heteroatoms. The number of halogens is 1. The number of guanidine groups is 1. The van der Waals surface area contributed by atoms with Gasteiger partial charge in [0.15, 0.2) is 5.96 Å². The molecule has 1 aromatic carbocycles. The van der Waals surface area contributed by atoms with E-state index < -0.39 is 0 Å². The lowest BCUT2D eigenvalue weighted by Gasteiger charge is -2.22. The third kappa shape index (κ3) is 8.52. The number of ether oxygens (including phenoxy) is 2. The Kier molecular flexibility index (Phi) is 9.99. The maximum atomic E-state index is 13.0. The van der Waals surface area contributed by atoms with Crippen molar-refractivity contribution in [3.8, 4) is 0 Å². The second-order valence-electron chi connectivity index (χ2n) is 5.18. The Morgan fingerprint density at radius 3 is 2.61 bits per heavy atom. The normalized spacial score (nSPS) is 11.6. The molecule has 0 amide bonds. The molecule has 0 aromatic heterocycles. The van der Waals surface area contributed by atoms with Crippen molar-refractivity contribution in [3.63, 3.8) is 0 Å². The quantitative estimate of drug-likeness (QED) is 0.407. The minimum Gasteiger partial charge on any atom is -0.382 e. The Hall–Kier alpha value is -1.66. The lowest BCUT2D eigenvalue weighted by atomic mass is 10.2. The number of nitrogens with zero attached hydrogens (tertiary/aromatic N) is 2. The Morgan fingerprint density at radius 1 is 1.22 bits per heavy atom. The number of methoxy groups -OCH3 is 1. The Balaban J connectivity index is 2.41. The number of hydrogen-bond donors (Lipinski definition) is 1. The van der Waals surface area contributed by atoms with E-state index in [4.69, 9.17) is 9.47 Å². The Bertz CT molecular complexity index is 452. The van der Waals surface area contributed by atoms with Crippen LogP contribution in [-0.2, 0) is 16.0 Å². The highest BCUT2D eigenvalue weighted by atomic mass is 19.1. The molecule has 1 rings (SSSR count).